The van der Waals surface area contributed by atoms with Crippen LogP contribution in [0, 0.1) is 0 Å². The smallest absolute Gasteiger partial charge is 0.213 e. The van der Waals surface area contributed by atoms with E-state index in [-0.39, 0.29) is 0 Å². The van der Waals surface area contributed by atoms with Crippen LogP contribution >= 0.6 is 0 Å². The summed E-state index contributed by atoms with van der Waals surface area (Å²) in [6.45, 7) is 0.623. The van der Waals surface area contributed by atoms with Gasteiger partial charge in [0.1, 0.15) is 5.75 Å². The van der Waals surface area contributed by atoms with Crippen LogP contribution in [0.2, 0.25) is 0 Å². The SMILES string of the molecule is COc1cccc(CNc2ccccc2OC)n1. The van der Waals surface area contributed by atoms with Gasteiger partial charge in [-0.2, -0.15) is 0 Å². The topological polar surface area (TPSA) is 43.4 Å². The summed E-state index contributed by atoms with van der Waals surface area (Å²) in [5, 5.41) is 3.29. The first kappa shape index (κ1) is 12.2. The van der Waals surface area contributed by atoms with Crippen molar-refractivity contribution in [3.05, 3.63) is 48.2 Å². The summed E-state index contributed by atoms with van der Waals surface area (Å²) in [7, 11) is 3.27. The Morgan fingerprint density at radius 2 is 1.83 bits per heavy atom. The molecule has 0 aliphatic heterocycles. The Hall–Kier alpha value is -2.23. The maximum atomic E-state index is 5.27. The molecule has 4 nitrogen and oxygen atoms in total. The Morgan fingerprint density at radius 1 is 1.00 bits per heavy atom. The van der Waals surface area contributed by atoms with Gasteiger partial charge in [0.05, 0.1) is 32.1 Å². The third-order valence-corrected chi connectivity index (χ3v) is 2.56. The summed E-state index contributed by atoms with van der Waals surface area (Å²) in [5.74, 6) is 1.44. The van der Waals surface area contributed by atoms with Crippen molar-refractivity contribution in [3.63, 3.8) is 0 Å². The summed E-state index contributed by atoms with van der Waals surface area (Å²) >= 11 is 0. The lowest BCUT2D eigenvalue weighted by Gasteiger charge is -2.10. The van der Waals surface area contributed by atoms with Gasteiger partial charge >= 0.3 is 0 Å². The van der Waals surface area contributed by atoms with Crippen molar-refractivity contribution in [2.24, 2.45) is 0 Å². The molecule has 94 valence electrons. The average Bonchev–Trinajstić information content (AvgIpc) is 2.45. The second kappa shape index (κ2) is 5.91. The van der Waals surface area contributed by atoms with Crippen molar-refractivity contribution >= 4 is 5.69 Å². The third-order valence-electron chi connectivity index (χ3n) is 2.56. The number of nitrogens with one attached hydrogen (secondary N) is 1. The summed E-state index contributed by atoms with van der Waals surface area (Å²) < 4.78 is 10.4. The number of ether oxygens (including phenoxy) is 2. The second-order valence-electron chi connectivity index (χ2n) is 3.73. The fraction of sp³-hybridized carbons (Fsp3) is 0.214. The van der Waals surface area contributed by atoms with Gasteiger partial charge in [-0.25, -0.2) is 4.98 Å². The van der Waals surface area contributed by atoms with E-state index in [0.717, 1.165) is 17.1 Å². The zero-order valence-electron chi connectivity index (χ0n) is 10.5. The Balaban J connectivity index is 2.06. The number of methoxy groups -OCH3 is 2. The van der Waals surface area contributed by atoms with Crippen LogP contribution in [0.15, 0.2) is 42.5 Å². The van der Waals surface area contributed by atoms with Crippen molar-refractivity contribution in [1.29, 1.82) is 0 Å². The number of hydrogen-bond donors (Lipinski definition) is 1. The molecule has 1 aromatic heterocycles. The number of benzene rings is 1. The number of aromatic nitrogens is 1. The van der Waals surface area contributed by atoms with Gasteiger partial charge in [-0.3, -0.25) is 0 Å². The minimum absolute atomic E-state index is 0.620. The average molecular weight is 244 g/mol. The Kier molecular flexibility index (Phi) is 4.02. The van der Waals surface area contributed by atoms with Crippen LogP contribution in [0.3, 0.4) is 0 Å². The highest BCUT2D eigenvalue weighted by Crippen LogP contribution is 2.23. The van der Waals surface area contributed by atoms with E-state index in [2.05, 4.69) is 10.3 Å². The molecular formula is C14H16N2O2. The van der Waals surface area contributed by atoms with E-state index in [1.54, 1.807) is 14.2 Å². The number of pyridine rings is 1. The van der Waals surface area contributed by atoms with Crippen molar-refractivity contribution in [3.8, 4) is 11.6 Å². The van der Waals surface area contributed by atoms with E-state index < -0.39 is 0 Å². The molecule has 0 bridgehead atoms. The molecule has 0 saturated heterocycles. The molecule has 0 aliphatic rings. The molecule has 0 radical (unpaired) electrons. The van der Waals surface area contributed by atoms with Gasteiger partial charge < -0.3 is 14.8 Å². The van der Waals surface area contributed by atoms with Crippen LogP contribution in [0.1, 0.15) is 5.69 Å². The number of para-hydroxylation sites is 2. The quantitative estimate of drug-likeness (QED) is 0.878. The van der Waals surface area contributed by atoms with Crippen molar-refractivity contribution in [2.75, 3.05) is 19.5 Å². The first-order valence-electron chi connectivity index (χ1n) is 5.70. The van der Waals surface area contributed by atoms with Crippen LogP contribution in [0.4, 0.5) is 5.69 Å². The van der Waals surface area contributed by atoms with Crippen LogP contribution in [-0.2, 0) is 6.54 Å². The molecule has 0 saturated carbocycles. The minimum Gasteiger partial charge on any atom is -0.495 e. The van der Waals surface area contributed by atoms with Gasteiger partial charge in [0.2, 0.25) is 5.88 Å². The van der Waals surface area contributed by atoms with Gasteiger partial charge in [-0.1, -0.05) is 18.2 Å². The zero-order chi connectivity index (χ0) is 12.8. The lowest BCUT2D eigenvalue weighted by Crippen LogP contribution is -2.03. The lowest BCUT2D eigenvalue weighted by molar-refractivity contribution is 0.396. The van der Waals surface area contributed by atoms with Crippen LogP contribution in [-0.4, -0.2) is 19.2 Å². The normalized spacial score (nSPS) is 9.89. The molecule has 0 aliphatic carbocycles. The van der Waals surface area contributed by atoms with Gasteiger partial charge in [0, 0.05) is 6.07 Å². The Bertz CT molecular complexity index is 515. The second-order valence-corrected chi connectivity index (χ2v) is 3.73. The molecule has 1 aromatic carbocycles. The summed E-state index contributed by atoms with van der Waals surface area (Å²) in [6, 6.07) is 13.5. The minimum atomic E-state index is 0.620. The molecule has 0 amide bonds. The monoisotopic (exact) mass is 244 g/mol. The van der Waals surface area contributed by atoms with Crippen LogP contribution in [0.25, 0.3) is 0 Å². The van der Waals surface area contributed by atoms with E-state index >= 15 is 0 Å². The number of nitrogens with zero attached hydrogens (tertiary/aromatic N) is 1. The summed E-state index contributed by atoms with van der Waals surface area (Å²) in [6.07, 6.45) is 0. The molecule has 4 heteroatoms. The molecule has 0 atom stereocenters. The molecule has 18 heavy (non-hydrogen) atoms. The van der Waals surface area contributed by atoms with Crippen molar-refractivity contribution in [1.82, 2.24) is 4.98 Å². The van der Waals surface area contributed by atoms with Crippen molar-refractivity contribution in [2.45, 2.75) is 6.54 Å². The van der Waals surface area contributed by atoms with E-state index in [0.29, 0.717) is 12.4 Å². The Labute approximate surface area is 107 Å². The molecule has 0 spiro atoms. The van der Waals surface area contributed by atoms with Crippen molar-refractivity contribution < 1.29 is 9.47 Å². The third kappa shape index (κ3) is 2.91. The molecular weight excluding hydrogens is 228 g/mol. The number of rotatable bonds is 5. The zero-order valence-corrected chi connectivity index (χ0v) is 10.5. The standard InChI is InChI=1S/C14H16N2O2/c1-17-13-8-4-3-7-12(13)15-10-11-6-5-9-14(16-11)18-2/h3-9,15H,10H2,1-2H3. The molecule has 0 fully saturated rings. The molecule has 2 aromatic rings. The van der Waals surface area contributed by atoms with Crippen LogP contribution in [0.5, 0.6) is 11.6 Å². The molecule has 1 N–H and O–H groups in total. The molecule has 0 unspecified atom stereocenters. The Morgan fingerprint density at radius 3 is 2.61 bits per heavy atom. The van der Waals surface area contributed by atoms with Gasteiger partial charge in [0.15, 0.2) is 0 Å². The number of hydrogen-bond acceptors (Lipinski definition) is 4. The van der Waals surface area contributed by atoms with E-state index in [4.69, 9.17) is 9.47 Å². The van der Waals surface area contributed by atoms with Crippen LogP contribution < -0.4 is 14.8 Å². The van der Waals surface area contributed by atoms with Gasteiger partial charge in [-0.05, 0) is 18.2 Å². The van der Waals surface area contributed by atoms with E-state index in [1.165, 1.54) is 0 Å². The fourth-order valence-electron chi connectivity index (χ4n) is 1.65. The maximum Gasteiger partial charge on any atom is 0.213 e. The predicted octanol–water partition coefficient (Wildman–Crippen LogP) is 2.71. The summed E-state index contributed by atoms with van der Waals surface area (Å²) in [4.78, 5) is 4.34. The van der Waals surface area contributed by atoms with Gasteiger partial charge in [-0.15, -0.1) is 0 Å². The highest BCUT2D eigenvalue weighted by molar-refractivity contribution is 5.56. The van der Waals surface area contributed by atoms with E-state index in [9.17, 15) is 0 Å². The molecule has 1 heterocycles. The van der Waals surface area contributed by atoms with E-state index in [1.807, 2.05) is 42.5 Å². The largest absolute Gasteiger partial charge is 0.495 e. The highest BCUT2D eigenvalue weighted by Gasteiger charge is 2.02. The van der Waals surface area contributed by atoms with Gasteiger partial charge in [0.25, 0.3) is 0 Å². The lowest BCUT2D eigenvalue weighted by atomic mass is 10.2. The maximum absolute atomic E-state index is 5.27. The highest BCUT2D eigenvalue weighted by atomic mass is 16.5. The first-order valence-corrected chi connectivity index (χ1v) is 5.70. The predicted molar refractivity (Wildman–Crippen MR) is 71.1 cm³/mol. The number of anilines is 1. The first-order chi connectivity index (χ1) is 8.83. The molecule has 2 rings (SSSR count). The fourth-order valence-corrected chi connectivity index (χ4v) is 1.65. The summed E-state index contributed by atoms with van der Waals surface area (Å²) in [5.41, 5.74) is 1.87.